The molecule has 0 bridgehead atoms. The number of nitrogens with one attached hydrogen (secondary N) is 1. The number of halogens is 3. The van der Waals surface area contributed by atoms with Crippen LogP contribution in [0.25, 0.3) is 11.1 Å². The number of carbonyl (C=O) groups is 3. The summed E-state index contributed by atoms with van der Waals surface area (Å²) in [5.74, 6) is -2.87. The molecule has 1 atom stereocenters. The molecule has 6 nitrogen and oxygen atoms in total. The highest BCUT2D eigenvalue weighted by Crippen LogP contribution is 2.36. The minimum absolute atomic E-state index is 0.0283. The Morgan fingerprint density at radius 2 is 1.53 bits per heavy atom. The molecule has 3 N–H and O–H groups in total. The third-order valence-electron chi connectivity index (χ3n) is 4.33. The van der Waals surface area contributed by atoms with Gasteiger partial charge < -0.3 is 15.5 Å². The van der Waals surface area contributed by atoms with Crippen molar-refractivity contribution in [3.8, 4) is 11.1 Å². The number of carboxylic acid groups (broad SMARTS) is 2. The SMILES string of the molecule is O=C(O)CCC(=O)N[C@@H](CC(=O)O)Cc1ccc(-c2ccccc2C(F)(F)F)cc1. The molecule has 1 amide bonds. The maximum Gasteiger partial charge on any atom is 0.417 e. The molecule has 0 aromatic heterocycles. The number of amides is 1. The van der Waals surface area contributed by atoms with Crippen LogP contribution in [0.2, 0.25) is 0 Å². The van der Waals surface area contributed by atoms with Crippen molar-refractivity contribution >= 4 is 17.8 Å². The van der Waals surface area contributed by atoms with Crippen LogP contribution in [-0.4, -0.2) is 34.1 Å². The van der Waals surface area contributed by atoms with Gasteiger partial charge in [-0.25, -0.2) is 0 Å². The molecule has 0 fully saturated rings. The van der Waals surface area contributed by atoms with E-state index in [1.54, 1.807) is 12.1 Å². The Hall–Kier alpha value is -3.36. The maximum absolute atomic E-state index is 13.2. The zero-order valence-electron chi connectivity index (χ0n) is 15.8. The highest BCUT2D eigenvalue weighted by Gasteiger charge is 2.33. The molecule has 0 aliphatic rings. The average molecular weight is 423 g/mol. The van der Waals surface area contributed by atoms with Crippen molar-refractivity contribution in [2.45, 2.75) is 37.9 Å². The van der Waals surface area contributed by atoms with Gasteiger partial charge in [0.2, 0.25) is 5.91 Å². The topological polar surface area (TPSA) is 104 Å². The molecule has 0 heterocycles. The highest BCUT2D eigenvalue weighted by molar-refractivity contribution is 5.81. The summed E-state index contributed by atoms with van der Waals surface area (Å²) in [4.78, 5) is 33.4. The first-order chi connectivity index (χ1) is 14.1. The van der Waals surface area contributed by atoms with Crippen molar-refractivity contribution in [1.82, 2.24) is 5.32 Å². The standard InChI is InChI=1S/C21H20F3NO5/c22-21(23,24)17-4-2-1-3-16(17)14-7-5-13(6-8-14)11-15(12-20(29)30)25-18(26)9-10-19(27)28/h1-8,15H,9-12H2,(H,25,26)(H,27,28)(H,29,30)/t15-/m1/s1. The van der Waals surface area contributed by atoms with Gasteiger partial charge in [-0.15, -0.1) is 0 Å². The number of carbonyl (C=O) groups excluding carboxylic acids is 1. The van der Waals surface area contributed by atoms with Gasteiger partial charge in [0.1, 0.15) is 0 Å². The summed E-state index contributed by atoms with van der Waals surface area (Å²) in [5, 5.41) is 20.2. The number of hydrogen-bond acceptors (Lipinski definition) is 3. The van der Waals surface area contributed by atoms with Gasteiger partial charge in [-0.2, -0.15) is 13.2 Å². The Morgan fingerprint density at radius 1 is 0.900 bits per heavy atom. The maximum atomic E-state index is 13.2. The Kier molecular flexibility index (Phi) is 7.57. The predicted molar refractivity (Wildman–Crippen MR) is 102 cm³/mol. The fraction of sp³-hybridized carbons (Fsp3) is 0.286. The molecule has 0 unspecified atom stereocenters. The van der Waals surface area contributed by atoms with Crippen LogP contribution in [0.1, 0.15) is 30.4 Å². The molecule has 0 spiro atoms. The van der Waals surface area contributed by atoms with E-state index in [-0.39, 0.29) is 31.2 Å². The fourth-order valence-electron chi connectivity index (χ4n) is 2.99. The lowest BCUT2D eigenvalue weighted by molar-refractivity contribution is -0.140. The third kappa shape index (κ3) is 6.91. The summed E-state index contributed by atoms with van der Waals surface area (Å²) in [6.45, 7) is 0. The van der Waals surface area contributed by atoms with Gasteiger partial charge in [0.25, 0.3) is 0 Å². The quantitative estimate of drug-likeness (QED) is 0.570. The second-order valence-electron chi connectivity index (χ2n) is 6.70. The van der Waals surface area contributed by atoms with E-state index in [2.05, 4.69) is 5.32 Å². The molecule has 0 aliphatic heterocycles. The largest absolute Gasteiger partial charge is 0.481 e. The fourth-order valence-corrected chi connectivity index (χ4v) is 2.99. The Morgan fingerprint density at radius 3 is 2.10 bits per heavy atom. The number of carboxylic acids is 2. The van der Waals surface area contributed by atoms with E-state index in [0.717, 1.165) is 6.07 Å². The van der Waals surface area contributed by atoms with Crippen molar-refractivity contribution in [3.05, 3.63) is 59.7 Å². The first kappa shape index (κ1) is 22.9. The molecule has 2 aromatic carbocycles. The molecule has 2 rings (SSSR count). The van der Waals surface area contributed by atoms with E-state index in [1.165, 1.54) is 30.3 Å². The van der Waals surface area contributed by atoms with Gasteiger partial charge >= 0.3 is 18.1 Å². The van der Waals surface area contributed by atoms with Crippen LogP contribution in [0.5, 0.6) is 0 Å². The molecule has 30 heavy (non-hydrogen) atoms. The van der Waals surface area contributed by atoms with Crippen molar-refractivity contribution < 1.29 is 37.8 Å². The van der Waals surface area contributed by atoms with Gasteiger partial charge in [0.05, 0.1) is 18.4 Å². The van der Waals surface area contributed by atoms with Crippen molar-refractivity contribution in [2.24, 2.45) is 0 Å². The second-order valence-corrected chi connectivity index (χ2v) is 6.70. The third-order valence-corrected chi connectivity index (χ3v) is 4.33. The van der Waals surface area contributed by atoms with E-state index in [1.807, 2.05) is 0 Å². The van der Waals surface area contributed by atoms with Crippen molar-refractivity contribution in [1.29, 1.82) is 0 Å². The molecule has 9 heteroatoms. The van der Waals surface area contributed by atoms with E-state index in [9.17, 15) is 27.6 Å². The van der Waals surface area contributed by atoms with Crippen LogP contribution in [0.4, 0.5) is 13.2 Å². The zero-order chi connectivity index (χ0) is 22.3. The Labute approximate surface area is 170 Å². The molecular formula is C21H20F3NO5. The molecule has 2 aromatic rings. The van der Waals surface area contributed by atoms with Crippen molar-refractivity contribution in [2.75, 3.05) is 0 Å². The number of aliphatic carboxylic acids is 2. The predicted octanol–water partition coefficient (Wildman–Crippen LogP) is 3.74. The Bertz CT molecular complexity index is 910. The van der Waals surface area contributed by atoms with E-state index < -0.39 is 35.6 Å². The van der Waals surface area contributed by atoms with Gasteiger partial charge in [0.15, 0.2) is 0 Å². The first-order valence-corrected chi connectivity index (χ1v) is 9.04. The summed E-state index contributed by atoms with van der Waals surface area (Å²) in [7, 11) is 0. The van der Waals surface area contributed by atoms with E-state index >= 15 is 0 Å². The zero-order valence-corrected chi connectivity index (χ0v) is 15.8. The van der Waals surface area contributed by atoms with Gasteiger partial charge in [0, 0.05) is 12.5 Å². The second kappa shape index (κ2) is 9.91. The summed E-state index contributed by atoms with van der Waals surface area (Å²) in [5.41, 5.74) is 0.243. The minimum Gasteiger partial charge on any atom is -0.481 e. The molecule has 160 valence electrons. The summed E-state index contributed by atoms with van der Waals surface area (Å²) in [6, 6.07) is 10.6. The summed E-state index contributed by atoms with van der Waals surface area (Å²) < 4.78 is 39.6. The summed E-state index contributed by atoms with van der Waals surface area (Å²) >= 11 is 0. The molecule has 0 radical (unpaired) electrons. The van der Waals surface area contributed by atoms with Crippen LogP contribution < -0.4 is 5.32 Å². The number of rotatable bonds is 9. The van der Waals surface area contributed by atoms with Crippen LogP contribution in [-0.2, 0) is 27.0 Å². The highest BCUT2D eigenvalue weighted by atomic mass is 19.4. The number of hydrogen-bond donors (Lipinski definition) is 3. The van der Waals surface area contributed by atoms with Gasteiger partial charge in [-0.05, 0) is 29.2 Å². The summed E-state index contributed by atoms with van der Waals surface area (Å²) in [6.07, 6.45) is -5.40. The number of alkyl halides is 3. The van der Waals surface area contributed by atoms with Gasteiger partial charge in [-0.3, -0.25) is 14.4 Å². The smallest absolute Gasteiger partial charge is 0.417 e. The first-order valence-electron chi connectivity index (χ1n) is 9.04. The van der Waals surface area contributed by atoms with Crippen LogP contribution >= 0.6 is 0 Å². The number of benzene rings is 2. The van der Waals surface area contributed by atoms with E-state index in [0.29, 0.717) is 11.1 Å². The average Bonchev–Trinajstić information content (AvgIpc) is 2.66. The lowest BCUT2D eigenvalue weighted by Gasteiger charge is -2.17. The minimum atomic E-state index is -4.50. The monoisotopic (exact) mass is 423 g/mol. The van der Waals surface area contributed by atoms with Crippen molar-refractivity contribution in [3.63, 3.8) is 0 Å². The van der Waals surface area contributed by atoms with Crippen LogP contribution in [0.3, 0.4) is 0 Å². The Balaban J connectivity index is 2.15. The normalized spacial score (nSPS) is 12.2. The van der Waals surface area contributed by atoms with E-state index in [4.69, 9.17) is 10.2 Å². The lowest BCUT2D eigenvalue weighted by Crippen LogP contribution is -2.38. The molecule has 0 saturated heterocycles. The van der Waals surface area contributed by atoms with Crippen LogP contribution in [0, 0.1) is 0 Å². The molecule has 0 aliphatic carbocycles. The van der Waals surface area contributed by atoms with Gasteiger partial charge in [-0.1, -0.05) is 42.5 Å². The molecule has 0 saturated carbocycles. The lowest BCUT2D eigenvalue weighted by atomic mass is 9.96. The van der Waals surface area contributed by atoms with Crippen LogP contribution in [0.15, 0.2) is 48.5 Å². The molecular weight excluding hydrogens is 403 g/mol.